The summed E-state index contributed by atoms with van der Waals surface area (Å²) in [7, 11) is 0. The minimum Gasteiger partial charge on any atom is -0.373 e. The van der Waals surface area contributed by atoms with Gasteiger partial charge in [-0.05, 0) is 36.8 Å². The maximum Gasteiger partial charge on any atom is 0.410 e. The van der Waals surface area contributed by atoms with Crippen molar-refractivity contribution in [3.63, 3.8) is 0 Å². The van der Waals surface area contributed by atoms with Crippen LogP contribution in [-0.2, 0) is 0 Å². The molecule has 5 rings (SSSR count). The molecule has 0 aliphatic heterocycles. The second kappa shape index (κ2) is 11.2. The summed E-state index contributed by atoms with van der Waals surface area (Å²) >= 11 is 6.53. The molecule has 2 aromatic carbocycles. The second-order valence-corrected chi connectivity index (χ2v) is 9.51. The van der Waals surface area contributed by atoms with E-state index in [0.717, 1.165) is 25.4 Å². The van der Waals surface area contributed by atoms with E-state index in [2.05, 4.69) is 30.9 Å². The van der Waals surface area contributed by atoms with Crippen molar-refractivity contribution in [1.82, 2.24) is 25.0 Å². The van der Waals surface area contributed by atoms with Crippen LogP contribution in [0.25, 0.3) is 10.9 Å². The van der Waals surface area contributed by atoms with Gasteiger partial charge in [0, 0.05) is 23.3 Å². The molecule has 0 spiro atoms. The highest BCUT2D eigenvalue weighted by molar-refractivity contribution is 6.36. The second-order valence-electron chi connectivity index (χ2n) is 9.10. The van der Waals surface area contributed by atoms with Crippen molar-refractivity contribution in [3.05, 3.63) is 100 Å². The summed E-state index contributed by atoms with van der Waals surface area (Å²) in [6.45, 7) is 0.929. The number of nitriles is 1. The number of aromatic nitrogens is 5. The van der Waals surface area contributed by atoms with Crippen molar-refractivity contribution >= 4 is 39.6 Å². The zero-order valence-corrected chi connectivity index (χ0v) is 22.0. The Morgan fingerprint density at radius 3 is 2.40 bits per heavy atom. The molecule has 2 atom stereocenters. The van der Waals surface area contributed by atoms with E-state index < -0.39 is 35.8 Å². The van der Waals surface area contributed by atoms with Gasteiger partial charge in [0.1, 0.15) is 23.6 Å². The summed E-state index contributed by atoms with van der Waals surface area (Å²) < 4.78 is 81.5. The molecule has 3 heterocycles. The highest BCUT2D eigenvalue weighted by Gasteiger charge is 2.38. The maximum atomic E-state index is 13.8. The molecule has 0 aliphatic rings. The van der Waals surface area contributed by atoms with Crippen molar-refractivity contribution in [2.45, 2.75) is 25.2 Å². The molecule has 214 valence electrons. The number of benzene rings is 2. The Kier molecular flexibility index (Phi) is 7.61. The minimum absolute atomic E-state index is 0.0342. The van der Waals surface area contributed by atoms with Crippen molar-refractivity contribution in [2.24, 2.45) is 0 Å². The first-order valence-corrected chi connectivity index (χ1v) is 12.4. The third-order valence-corrected chi connectivity index (χ3v) is 6.61. The van der Waals surface area contributed by atoms with Crippen LogP contribution in [0.2, 0.25) is 5.02 Å². The van der Waals surface area contributed by atoms with E-state index in [4.69, 9.17) is 11.6 Å². The largest absolute Gasteiger partial charge is 0.410 e. The number of pyridine rings is 2. The number of hydrogen-bond donors (Lipinski definition) is 2. The SMILES string of the molecule is CC(n1cc([C@@H](Nc2cc(Cl)c3ncc(C#N)c(Nc4cnc(F)c(F)c4)c3c2)c2ccc(F)cc2)nn1)C(F)(F)F. The van der Waals surface area contributed by atoms with Gasteiger partial charge in [0.25, 0.3) is 0 Å². The van der Waals surface area contributed by atoms with Crippen LogP contribution < -0.4 is 10.6 Å². The Labute approximate surface area is 238 Å². The molecule has 0 amide bonds. The molecule has 0 aliphatic carbocycles. The van der Waals surface area contributed by atoms with Crippen molar-refractivity contribution in [3.8, 4) is 6.07 Å². The van der Waals surface area contributed by atoms with Crippen LogP contribution in [0.1, 0.15) is 35.8 Å². The first-order chi connectivity index (χ1) is 19.9. The fraction of sp³-hybridized carbons (Fsp3) is 0.148. The number of hydrogen-bond acceptors (Lipinski definition) is 7. The van der Waals surface area contributed by atoms with E-state index in [9.17, 15) is 31.6 Å². The van der Waals surface area contributed by atoms with Gasteiger partial charge in [-0.3, -0.25) is 4.98 Å². The van der Waals surface area contributed by atoms with Gasteiger partial charge in [-0.15, -0.1) is 5.10 Å². The number of halogens is 7. The van der Waals surface area contributed by atoms with Crippen LogP contribution in [0, 0.1) is 28.9 Å². The Morgan fingerprint density at radius 1 is 1.00 bits per heavy atom. The zero-order valence-electron chi connectivity index (χ0n) is 21.3. The summed E-state index contributed by atoms with van der Waals surface area (Å²) in [4.78, 5) is 7.57. The lowest BCUT2D eigenvalue weighted by atomic mass is 10.0. The number of anilines is 3. The standard InChI is InChI=1S/C27H17ClF6N8/c1-13(27(32,33)34)42-12-22(40-41-42)24(14-2-4-16(29)5-3-14)38-17-6-19-23(39-18-8-21(30)26(31)37-11-18)15(9-35)10-36-25(19)20(28)7-17/h2-8,10-13,24,38H,1H3,(H,36,39)/t13?,24-/m0/s1. The molecule has 5 aromatic rings. The summed E-state index contributed by atoms with van der Waals surface area (Å²) in [6.07, 6.45) is -1.17. The minimum atomic E-state index is -4.58. The van der Waals surface area contributed by atoms with E-state index in [1.54, 1.807) is 6.07 Å². The van der Waals surface area contributed by atoms with E-state index in [-0.39, 0.29) is 33.2 Å². The molecule has 3 aromatic heterocycles. The van der Waals surface area contributed by atoms with E-state index in [1.165, 1.54) is 36.5 Å². The van der Waals surface area contributed by atoms with Gasteiger partial charge >= 0.3 is 6.18 Å². The number of nitrogens with one attached hydrogen (secondary N) is 2. The molecular formula is C27H17ClF6N8. The lowest BCUT2D eigenvalue weighted by Crippen LogP contribution is -2.24. The smallest absolute Gasteiger partial charge is 0.373 e. The van der Waals surface area contributed by atoms with Gasteiger partial charge in [0.05, 0.1) is 45.9 Å². The molecule has 0 saturated heterocycles. The average molecular weight is 603 g/mol. The monoisotopic (exact) mass is 602 g/mol. The number of fused-ring (bicyclic) bond motifs is 1. The van der Waals surface area contributed by atoms with E-state index in [0.29, 0.717) is 21.3 Å². The highest BCUT2D eigenvalue weighted by atomic mass is 35.5. The predicted molar refractivity (Wildman–Crippen MR) is 142 cm³/mol. The molecule has 8 nitrogen and oxygen atoms in total. The van der Waals surface area contributed by atoms with Gasteiger partial charge in [-0.25, -0.2) is 18.4 Å². The fourth-order valence-corrected chi connectivity index (χ4v) is 4.38. The highest BCUT2D eigenvalue weighted by Crippen LogP contribution is 2.37. The molecule has 0 bridgehead atoms. The van der Waals surface area contributed by atoms with Gasteiger partial charge in [-0.2, -0.15) is 22.8 Å². The fourth-order valence-electron chi connectivity index (χ4n) is 4.11. The average Bonchev–Trinajstić information content (AvgIpc) is 3.43. The van der Waals surface area contributed by atoms with Gasteiger partial charge in [0.2, 0.25) is 5.95 Å². The summed E-state index contributed by atoms with van der Waals surface area (Å²) in [5.41, 5.74) is 1.32. The number of alkyl halides is 3. The molecular weight excluding hydrogens is 586 g/mol. The van der Waals surface area contributed by atoms with Crippen LogP contribution in [0.3, 0.4) is 0 Å². The van der Waals surface area contributed by atoms with Gasteiger partial charge in [-0.1, -0.05) is 28.9 Å². The predicted octanol–water partition coefficient (Wildman–Crippen LogP) is 7.23. The van der Waals surface area contributed by atoms with Crippen LogP contribution in [0.4, 0.5) is 43.4 Å². The van der Waals surface area contributed by atoms with Crippen LogP contribution in [0.5, 0.6) is 0 Å². The first-order valence-electron chi connectivity index (χ1n) is 12.1. The zero-order chi connectivity index (χ0) is 30.2. The van der Waals surface area contributed by atoms with E-state index >= 15 is 0 Å². The molecule has 15 heteroatoms. The van der Waals surface area contributed by atoms with E-state index in [1.807, 2.05) is 6.07 Å². The molecule has 1 unspecified atom stereocenters. The molecule has 2 N–H and O–H groups in total. The Hall–Kier alpha value is -4.90. The molecule has 0 fully saturated rings. The van der Waals surface area contributed by atoms with Crippen molar-refractivity contribution in [1.29, 1.82) is 5.26 Å². The third-order valence-electron chi connectivity index (χ3n) is 6.32. The topological polar surface area (TPSA) is 104 Å². The summed E-state index contributed by atoms with van der Waals surface area (Å²) in [5.74, 6) is -3.05. The van der Waals surface area contributed by atoms with Crippen molar-refractivity contribution < 1.29 is 26.3 Å². The number of rotatable bonds is 7. The van der Waals surface area contributed by atoms with Gasteiger partial charge in [0.15, 0.2) is 5.82 Å². The Balaban J connectivity index is 1.60. The number of nitrogens with zero attached hydrogens (tertiary/aromatic N) is 6. The summed E-state index contributed by atoms with van der Waals surface area (Å²) in [5, 5.41) is 23.7. The molecule has 0 saturated carbocycles. The lowest BCUT2D eigenvalue weighted by molar-refractivity contribution is -0.165. The maximum absolute atomic E-state index is 13.8. The summed E-state index contributed by atoms with van der Waals surface area (Å²) in [6, 6.07) is 8.20. The van der Waals surface area contributed by atoms with Crippen molar-refractivity contribution in [2.75, 3.05) is 10.6 Å². The Morgan fingerprint density at radius 2 is 1.74 bits per heavy atom. The van der Waals surface area contributed by atoms with Crippen LogP contribution >= 0.6 is 11.6 Å². The third kappa shape index (κ3) is 5.77. The Bertz CT molecular complexity index is 1820. The normalized spacial score (nSPS) is 13.0. The molecule has 42 heavy (non-hydrogen) atoms. The van der Waals surface area contributed by atoms with Gasteiger partial charge < -0.3 is 10.6 Å². The van der Waals surface area contributed by atoms with Crippen LogP contribution in [0.15, 0.2) is 61.1 Å². The molecule has 0 radical (unpaired) electrons. The first kappa shape index (κ1) is 28.6. The lowest BCUT2D eigenvalue weighted by Gasteiger charge is -2.20. The quantitative estimate of drug-likeness (QED) is 0.150. The van der Waals surface area contributed by atoms with Crippen LogP contribution in [-0.4, -0.2) is 31.1 Å².